The minimum atomic E-state index is -1.24. The van der Waals surface area contributed by atoms with Gasteiger partial charge in [-0.2, -0.15) is 5.10 Å². The third kappa shape index (κ3) is 3.01. The molecule has 0 aliphatic carbocycles. The van der Waals surface area contributed by atoms with Crippen LogP contribution in [0.1, 0.15) is 23.6 Å². The van der Waals surface area contributed by atoms with Gasteiger partial charge in [-0.3, -0.25) is 4.79 Å². The van der Waals surface area contributed by atoms with E-state index >= 15 is 0 Å². The lowest BCUT2D eigenvalue weighted by atomic mass is 9.90. The maximum absolute atomic E-state index is 12.4. The number of carbonyl (C=O) groups is 2. The molecular formula is C20H19N3O4. The third-order valence-corrected chi connectivity index (χ3v) is 4.86. The fourth-order valence-corrected chi connectivity index (χ4v) is 3.60. The second kappa shape index (κ2) is 6.75. The first-order valence-electron chi connectivity index (χ1n) is 8.77. The van der Waals surface area contributed by atoms with Crippen molar-refractivity contribution < 1.29 is 19.4 Å². The first-order valence-corrected chi connectivity index (χ1v) is 8.77. The Morgan fingerprint density at radius 1 is 1.33 bits per heavy atom. The number of ether oxygens (including phenoxy) is 1. The molecule has 2 N–H and O–H groups in total. The highest BCUT2D eigenvalue weighted by molar-refractivity contribution is 6.22. The van der Waals surface area contributed by atoms with E-state index in [1.807, 2.05) is 25.3 Å². The van der Waals surface area contributed by atoms with Crippen molar-refractivity contribution in [3.8, 4) is 11.4 Å². The van der Waals surface area contributed by atoms with Crippen molar-refractivity contribution in [1.82, 2.24) is 15.1 Å². The number of hydrogen-bond donors (Lipinski definition) is 2. The molecule has 0 spiro atoms. The predicted molar refractivity (Wildman–Crippen MR) is 98.8 cm³/mol. The van der Waals surface area contributed by atoms with Crippen molar-refractivity contribution in [3.05, 3.63) is 59.1 Å². The Bertz CT molecular complexity index is 987. The van der Waals surface area contributed by atoms with E-state index in [0.717, 1.165) is 40.1 Å². The zero-order valence-corrected chi connectivity index (χ0v) is 14.9. The normalized spacial score (nSPS) is 20.3. The molecule has 1 aromatic carbocycles. The molecule has 0 saturated heterocycles. The van der Waals surface area contributed by atoms with Crippen molar-refractivity contribution in [2.75, 3.05) is 13.2 Å². The van der Waals surface area contributed by atoms with Crippen molar-refractivity contribution in [2.24, 2.45) is 0 Å². The van der Waals surface area contributed by atoms with E-state index in [9.17, 15) is 14.7 Å². The largest absolute Gasteiger partial charge is 0.491 e. The summed E-state index contributed by atoms with van der Waals surface area (Å²) >= 11 is 0. The molecule has 27 heavy (non-hydrogen) atoms. The van der Waals surface area contributed by atoms with Gasteiger partial charge in [-0.15, -0.1) is 0 Å². The number of allylic oxidation sites excluding steroid dienone is 2. The molecule has 138 valence electrons. The second-order valence-corrected chi connectivity index (χ2v) is 6.54. The summed E-state index contributed by atoms with van der Waals surface area (Å²) in [5, 5.41) is 16.5. The summed E-state index contributed by atoms with van der Waals surface area (Å²) in [6.45, 7) is 2.97. The number of aromatic nitrogens is 2. The minimum absolute atomic E-state index is 0.269. The van der Waals surface area contributed by atoms with Crippen molar-refractivity contribution in [3.63, 3.8) is 0 Å². The van der Waals surface area contributed by atoms with Crippen molar-refractivity contribution >= 4 is 17.3 Å². The summed E-state index contributed by atoms with van der Waals surface area (Å²) in [4.78, 5) is 23.8. The van der Waals surface area contributed by atoms with E-state index in [2.05, 4.69) is 10.4 Å². The second-order valence-electron chi connectivity index (χ2n) is 6.54. The maximum Gasteiger partial charge on any atom is 0.341 e. The van der Waals surface area contributed by atoms with E-state index < -0.39 is 11.8 Å². The van der Waals surface area contributed by atoms with Crippen LogP contribution in [0.3, 0.4) is 0 Å². The lowest BCUT2D eigenvalue weighted by Gasteiger charge is -2.19. The summed E-state index contributed by atoms with van der Waals surface area (Å²) in [5.74, 6) is -0.940. The number of aliphatic carboxylic acids is 1. The number of rotatable bonds is 2. The van der Waals surface area contributed by atoms with Crippen molar-refractivity contribution in [2.45, 2.75) is 19.8 Å². The van der Waals surface area contributed by atoms with Crippen LogP contribution in [0.5, 0.6) is 5.75 Å². The zero-order chi connectivity index (χ0) is 19.0. The van der Waals surface area contributed by atoms with E-state index in [4.69, 9.17) is 4.74 Å². The topological polar surface area (TPSA) is 93.5 Å². The molecule has 0 saturated carbocycles. The molecule has 0 atom stereocenters. The molecule has 4 rings (SSSR count). The summed E-state index contributed by atoms with van der Waals surface area (Å²) in [6.07, 6.45) is 7.72. The van der Waals surface area contributed by atoms with Crippen molar-refractivity contribution in [1.29, 1.82) is 0 Å². The van der Waals surface area contributed by atoms with Gasteiger partial charge in [-0.1, -0.05) is 0 Å². The fourth-order valence-electron chi connectivity index (χ4n) is 3.60. The lowest BCUT2D eigenvalue weighted by molar-refractivity contribution is -0.134. The maximum atomic E-state index is 12.4. The van der Waals surface area contributed by atoms with E-state index in [1.54, 1.807) is 10.9 Å². The van der Waals surface area contributed by atoms with Crippen LogP contribution in [0.15, 0.2) is 42.4 Å². The van der Waals surface area contributed by atoms with Gasteiger partial charge in [-0.05, 0) is 48.3 Å². The molecule has 0 unspecified atom stereocenters. The highest BCUT2D eigenvalue weighted by Crippen LogP contribution is 2.39. The third-order valence-electron chi connectivity index (χ3n) is 4.86. The van der Waals surface area contributed by atoms with Gasteiger partial charge in [0.1, 0.15) is 17.0 Å². The Labute approximate surface area is 155 Å². The fraction of sp³-hybridized carbons (Fsp3) is 0.250. The molecule has 0 bridgehead atoms. The van der Waals surface area contributed by atoms with Gasteiger partial charge < -0.3 is 15.2 Å². The lowest BCUT2D eigenvalue weighted by Crippen LogP contribution is -2.19. The smallest absolute Gasteiger partial charge is 0.341 e. The predicted octanol–water partition coefficient (Wildman–Crippen LogP) is 1.89. The number of hydrogen-bond acceptors (Lipinski definition) is 5. The van der Waals surface area contributed by atoms with Crippen LogP contribution in [0.4, 0.5) is 0 Å². The number of carboxylic acid groups (broad SMARTS) is 1. The average molecular weight is 365 g/mol. The SMILES string of the molecule is C/C1=C\C(=O)/C(C(=O)O)=C\NCCc2c1cc(-n1cccn1)c1c2CCO1. The Kier molecular flexibility index (Phi) is 4.27. The summed E-state index contributed by atoms with van der Waals surface area (Å²) in [7, 11) is 0. The summed E-state index contributed by atoms with van der Waals surface area (Å²) < 4.78 is 7.64. The molecular weight excluding hydrogens is 346 g/mol. The Balaban J connectivity index is 1.91. The number of benzene rings is 1. The molecule has 7 heteroatoms. The van der Waals surface area contributed by atoms with Crippen LogP contribution < -0.4 is 10.1 Å². The molecule has 2 aromatic rings. The number of carboxylic acids is 1. The van der Waals surface area contributed by atoms with Crippen LogP contribution in [-0.4, -0.2) is 39.8 Å². The van der Waals surface area contributed by atoms with E-state index in [1.165, 1.54) is 12.3 Å². The summed E-state index contributed by atoms with van der Waals surface area (Å²) in [6, 6.07) is 3.81. The first kappa shape index (κ1) is 17.1. The van der Waals surface area contributed by atoms with Gasteiger partial charge in [0.2, 0.25) is 0 Å². The first-order chi connectivity index (χ1) is 13.1. The number of ketones is 1. The number of nitrogens with one attached hydrogen (secondary N) is 1. The highest BCUT2D eigenvalue weighted by atomic mass is 16.5. The number of nitrogens with zero attached hydrogens (tertiary/aromatic N) is 2. The van der Waals surface area contributed by atoms with Crippen LogP contribution >= 0.6 is 0 Å². The number of fused-ring (bicyclic) bond motifs is 3. The molecule has 2 aliphatic heterocycles. The Morgan fingerprint density at radius 3 is 2.93 bits per heavy atom. The van der Waals surface area contributed by atoms with Crippen LogP contribution in [0, 0.1) is 0 Å². The highest BCUT2D eigenvalue weighted by Gasteiger charge is 2.26. The molecule has 0 radical (unpaired) electrons. The molecule has 2 aliphatic rings. The van der Waals surface area contributed by atoms with Crippen LogP contribution in [-0.2, 0) is 22.4 Å². The Morgan fingerprint density at radius 2 is 2.19 bits per heavy atom. The zero-order valence-electron chi connectivity index (χ0n) is 14.9. The molecule has 0 amide bonds. The minimum Gasteiger partial charge on any atom is -0.491 e. The van der Waals surface area contributed by atoms with Gasteiger partial charge in [0.05, 0.1) is 6.61 Å². The van der Waals surface area contributed by atoms with E-state index in [-0.39, 0.29) is 5.57 Å². The molecule has 3 heterocycles. The van der Waals surface area contributed by atoms with E-state index in [0.29, 0.717) is 19.6 Å². The molecule has 7 nitrogen and oxygen atoms in total. The quantitative estimate of drug-likeness (QED) is 0.790. The van der Waals surface area contributed by atoms with Gasteiger partial charge in [0.15, 0.2) is 5.78 Å². The molecule has 0 fully saturated rings. The van der Waals surface area contributed by atoms with Gasteiger partial charge >= 0.3 is 5.97 Å². The Hall–Kier alpha value is -3.35. The monoisotopic (exact) mass is 365 g/mol. The van der Waals surface area contributed by atoms with Crippen LogP contribution in [0.25, 0.3) is 11.3 Å². The van der Waals surface area contributed by atoms with Gasteiger partial charge in [0, 0.05) is 37.1 Å². The standard InChI is InChI=1S/C20H19N3O4/c1-12-9-18(24)16(20(25)26)11-21-6-3-13-14-4-8-27-19(14)17(10-15(12)13)23-7-2-5-22-23/h2,5,7,9-11,21H,3-4,6,8H2,1H3,(H,25,26)/b12-9+,16-11+. The van der Waals surface area contributed by atoms with Crippen LogP contribution in [0.2, 0.25) is 0 Å². The summed E-state index contributed by atoms with van der Waals surface area (Å²) in [5.41, 5.74) is 4.46. The van der Waals surface area contributed by atoms with Gasteiger partial charge in [-0.25, -0.2) is 9.48 Å². The average Bonchev–Trinajstić information content (AvgIpc) is 3.32. The van der Waals surface area contributed by atoms with Gasteiger partial charge in [0.25, 0.3) is 0 Å². The molecule has 1 aromatic heterocycles. The number of carbonyl (C=O) groups excluding carboxylic acids is 1.